The number of hydrogen-bond acceptors (Lipinski definition) is 0. The molecule has 1 aromatic carbocycles. The van der Waals surface area contributed by atoms with Crippen LogP contribution < -0.4 is 0 Å². The third-order valence-corrected chi connectivity index (χ3v) is 6.44. The van der Waals surface area contributed by atoms with Gasteiger partial charge in [0.2, 0.25) is 0 Å². The minimum Gasteiger partial charge on any atom is -0.114 e. The molecule has 0 fully saturated rings. The summed E-state index contributed by atoms with van der Waals surface area (Å²) in [5, 5.41) is 0. The van der Waals surface area contributed by atoms with E-state index in [2.05, 4.69) is 45.9 Å². The van der Waals surface area contributed by atoms with Crippen LogP contribution in [0.5, 0.6) is 0 Å². The van der Waals surface area contributed by atoms with Crippen molar-refractivity contribution in [3.63, 3.8) is 0 Å². The molecule has 150 valence electrons. The zero-order valence-corrected chi connectivity index (χ0v) is 18.8. The lowest BCUT2D eigenvalue weighted by atomic mass is 9.89. The third kappa shape index (κ3) is 8.94. The number of alkyl halides is 1. The van der Waals surface area contributed by atoms with Gasteiger partial charge in [-0.3, -0.25) is 0 Å². The van der Waals surface area contributed by atoms with Crippen molar-refractivity contribution in [2.45, 2.75) is 122 Å². The summed E-state index contributed by atoms with van der Waals surface area (Å²) in [7, 11) is 0. The molecule has 1 rings (SSSR count). The van der Waals surface area contributed by atoms with Crippen LogP contribution in [0.4, 0.5) is 0 Å². The van der Waals surface area contributed by atoms with E-state index in [1.807, 2.05) is 0 Å². The summed E-state index contributed by atoms with van der Waals surface area (Å²) < 4.78 is 0. The largest absolute Gasteiger partial charge is 0.114 e. The van der Waals surface area contributed by atoms with Crippen LogP contribution >= 0.6 is 11.6 Å². The van der Waals surface area contributed by atoms with E-state index in [4.69, 9.17) is 11.6 Å². The van der Waals surface area contributed by atoms with E-state index >= 15 is 0 Å². The highest BCUT2D eigenvalue weighted by Gasteiger charge is 2.23. The molecular weight excluding hydrogens is 336 g/mol. The predicted molar refractivity (Wildman–Crippen MR) is 119 cm³/mol. The highest BCUT2D eigenvalue weighted by Crippen LogP contribution is 2.35. The fraction of sp³-hybridized carbons (Fsp3) is 0.760. The van der Waals surface area contributed by atoms with E-state index in [0.29, 0.717) is 0 Å². The monoisotopic (exact) mass is 378 g/mol. The van der Waals surface area contributed by atoms with Crippen molar-refractivity contribution in [2.24, 2.45) is 0 Å². The van der Waals surface area contributed by atoms with Gasteiger partial charge in [-0.1, -0.05) is 103 Å². The standard InChI is InChI=1S/C25H43Cl/c1-5-7-8-9-10-11-12-13-14-15-16-17-19-23-20-18-21-24(22(23)3)25(4,26)6-2/h18,20-21H,5-17,19H2,1-4H3. The van der Waals surface area contributed by atoms with Gasteiger partial charge in [-0.25, -0.2) is 0 Å². The van der Waals surface area contributed by atoms with Gasteiger partial charge in [0.1, 0.15) is 0 Å². The van der Waals surface area contributed by atoms with Crippen LogP contribution in [-0.4, -0.2) is 0 Å². The minimum absolute atomic E-state index is 0.226. The van der Waals surface area contributed by atoms with Crippen LogP contribution in [0.2, 0.25) is 0 Å². The molecule has 1 atom stereocenters. The van der Waals surface area contributed by atoms with Gasteiger partial charge >= 0.3 is 0 Å². The Bertz CT molecular complexity index is 475. The zero-order valence-electron chi connectivity index (χ0n) is 18.0. The van der Waals surface area contributed by atoms with Crippen LogP contribution in [0.25, 0.3) is 0 Å². The van der Waals surface area contributed by atoms with E-state index in [-0.39, 0.29) is 4.87 Å². The molecule has 26 heavy (non-hydrogen) atoms. The summed E-state index contributed by atoms with van der Waals surface area (Å²) in [4.78, 5) is -0.226. The first kappa shape index (κ1) is 23.5. The molecule has 0 aromatic heterocycles. The maximum atomic E-state index is 6.70. The summed E-state index contributed by atoms with van der Waals surface area (Å²) in [6.07, 6.45) is 19.1. The van der Waals surface area contributed by atoms with E-state index in [9.17, 15) is 0 Å². The van der Waals surface area contributed by atoms with Crippen molar-refractivity contribution in [1.29, 1.82) is 0 Å². The number of aryl methyl sites for hydroxylation is 1. The normalized spacial score (nSPS) is 13.7. The molecule has 0 saturated carbocycles. The topological polar surface area (TPSA) is 0 Å². The molecule has 1 unspecified atom stereocenters. The summed E-state index contributed by atoms with van der Waals surface area (Å²) in [5.74, 6) is 0. The first-order chi connectivity index (χ1) is 12.5. The lowest BCUT2D eigenvalue weighted by Crippen LogP contribution is -2.14. The highest BCUT2D eigenvalue weighted by molar-refractivity contribution is 6.23. The summed E-state index contributed by atoms with van der Waals surface area (Å²) >= 11 is 6.70. The van der Waals surface area contributed by atoms with Crippen molar-refractivity contribution in [3.8, 4) is 0 Å². The fourth-order valence-electron chi connectivity index (χ4n) is 3.87. The molecule has 0 aliphatic rings. The first-order valence-electron chi connectivity index (χ1n) is 11.3. The van der Waals surface area contributed by atoms with Crippen molar-refractivity contribution >= 4 is 11.6 Å². The maximum Gasteiger partial charge on any atom is 0.0666 e. The molecule has 0 bridgehead atoms. The summed E-state index contributed by atoms with van der Waals surface area (Å²) in [6.45, 7) is 8.86. The van der Waals surface area contributed by atoms with Crippen molar-refractivity contribution in [1.82, 2.24) is 0 Å². The van der Waals surface area contributed by atoms with Crippen molar-refractivity contribution in [3.05, 3.63) is 34.9 Å². The molecular formula is C25H43Cl. The lowest BCUT2D eigenvalue weighted by molar-refractivity contribution is 0.544. The predicted octanol–water partition coefficient (Wildman–Crippen LogP) is 9.10. The molecule has 1 heteroatoms. The quantitative estimate of drug-likeness (QED) is 0.211. The van der Waals surface area contributed by atoms with Gasteiger partial charge in [0, 0.05) is 0 Å². The highest BCUT2D eigenvalue weighted by atomic mass is 35.5. The van der Waals surface area contributed by atoms with Crippen molar-refractivity contribution < 1.29 is 0 Å². The SMILES string of the molecule is CCCCCCCCCCCCCCc1cccc(C(C)(Cl)CC)c1C. The Kier molecular flexibility index (Phi) is 12.4. The smallest absolute Gasteiger partial charge is 0.0666 e. The molecule has 0 radical (unpaired) electrons. The molecule has 0 spiro atoms. The fourth-order valence-corrected chi connectivity index (χ4v) is 4.07. The number of halogens is 1. The van der Waals surface area contributed by atoms with Gasteiger partial charge in [-0.15, -0.1) is 11.6 Å². The van der Waals surface area contributed by atoms with Gasteiger partial charge in [0.05, 0.1) is 4.87 Å². The number of rotatable bonds is 15. The Hall–Kier alpha value is -0.490. The van der Waals surface area contributed by atoms with Crippen molar-refractivity contribution in [2.75, 3.05) is 0 Å². The summed E-state index contributed by atoms with van der Waals surface area (Å²) in [5.41, 5.74) is 4.22. The summed E-state index contributed by atoms with van der Waals surface area (Å²) in [6, 6.07) is 6.69. The molecule has 0 amide bonds. The Morgan fingerprint density at radius 3 is 1.77 bits per heavy atom. The van der Waals surface area contributed by atoms with Gasteiger partial charge < -0.3 is 0 Å². The minimum atomic E-state index is -0.226. The Labute approximate surface area is 169 Å². The second-order valence-corrected chi connectivity index (χ2v) is 9.11. The first-order valence-corrected chi connectivity index (χ1v) is 11.7. The Morgan fingerprint density at radius 2 is 1.27 bits per heavy atom. The van der Waals surface area contributed by atoms with Crippen LogP contribution in [0.15, 0.2) is 18.2 Å². The third-order valence-electron chi connectivity index (χ3n) is 5.97. The van der Waals surface area contributed by atoms with Crippen LogP contribution in [-0.2, 0) is 11.3 Å². The molecule has 0 N–H and O–H groups in total. The Morgan fingerprint density at radius 1 is 0.769 bits per heavy atom. The average Bonchev–Trinajstić information content (AvgIpc) is 2.63. The van der Waals surface area contributed by atoms with Gasteiger partial charge in [0.25, 0.3) is 0 Å². The van der Waals surface area contributed by atoms with E-state index in [1.165, 1.54) is 100 Å². The molecule has 0 heterocycles. The van der Waals surface area contributed by atoms with Gasteiger partial charge in [-0.05, 0) is 49.8 Å². The lowest BCUT2D eigenvalue weighted by Gasteiger charge is -2.24. The Balaban J connectivity index is 2.14. The van der Waals surface area contributed by atoms with E-state index in [0.717, 1.165) is 6.42 Å². The molecule has 0 nitrogen and oxygen atoms in total. The van der Waals surface area contributed by atoms with Crippen LogP contribution in [0.1, 0.15) is 121 Å². The van der Waals surface area contributed by atoms with E-state index in [1.54, 1.807) is 0 Å². The molecule has 1 aromatic rings. The molecule has 0 saturated heterocycles. The number of unbranched alkanes of at least 4 members (excludes halogenated alkanes) is 11. The van der Waals surface area contributed by atoms with Gasteiger partial charge in [-0.2, -0.15) is 0 Å². The van der Waals surface area contributed by atoms with E-state index < -0.39 is 0 Å². The zero-order chi connectivity index (χ0) is 19.3. The van der Waals surface area contributed by atoms with Crippen LogP contribution in [0, 0.1) is 6.92 Å². The number of hydrogen-bond donors (Lipinski definition) is 0. The average molecular weight is 379 g/mol. The molecule has 0 aliphatic heterocycles. The number of benzene rings is 1. The second kappa shape index (κ2) is 13.6. The second-order valence-electron chi connectivity index (χ2n) is 8.28. The molecule has 0 aliphatic carbocycles. The van der Waals surface area contributed by atoms with Crippen LogP contribution in [0.3, 0.4) is 0 Å². The maximum absolute atomic E-state index is 6.70. The van der Waals surface area contributed by atoms with Gasteiger partial charge in [0.15, 0.2) is 0 Å².